The lowest BCUT2D eigenvalue weighted by atomic mass is 9.95. The van der Waals surface area contributed by atoms with Crippen LogP contribution in [0.5, 0.6) is 0 Å². The first-order chi connectivity index (χ1) is 15.2. The molecule has 1 saturated heterocycles. The number of likely N-dealkylation sites (N-methyl/N-ethyl adjacent to an activating group) is 1. The third-order valence-corrected chi connectivity index (χ3v) is 6.13. The average molecular weight is 449 g/mol. The van der Waals surface area contributed by atoms with Gasteiger partial charge in [-0.15, -0.1) is 0 Å². The fourth-order valence-electron chi connectivity index (χ4n) is 4.03. The van der Waals surface area contributed by atoms with Crippen LogP contribution < -0.4 is 10.2 Å². The summed E-state index contributed by atoms with van der Waals surface area (Å²) in [4.78, 5) is 20.8. The van der Waals surface area contributed by atoms with Crippen molar-refractivity contribution in [1.82, 2.24) is 15.2 Å². The van der Waals surface area contributed by atoms with Crippen LogP contribution in [0.2, 0.25) is 0 Å². The van der Waals surface area contributed by atoms with Crippen LogP contribution in [0.15, 0.2) is 42.6 Å². The monoisotopic (exact) mass is 448 g/mol. The van der Waals surface area contributed by atoms with Gasteiger partial charge in [0.25, 0.3) is 0 Å². The zero-order valence-corrected chi connectivity index (χ0v) is 18.8. The molecule has 1 aromatic carbocycles. The van der Waals surface area contributed by atoms with Gasteiger partial charge in [-0.05, 0) is 56.6 Å². The lowest BCUT2D eigenvalue weighted by molar-refractivity contribution is -0.137. The van der Waals surface area contributed by atoms with Crippen LogP contribution in [0.3, 0.4) is 0 Å². The predicted molar refractivity (Wildman–Crippen MR) is 119 cm³/mol. The van der Waals surface area contributed by atoms with E-state index in [1.54, 1.807) is 0 Å². The Morgan fingerprint density at radius 2 is 1.81 bits per heavy atom. The minimum atomic E-state index is -4.39. The second-order valence-corrected chi connectivity index (χ2v) is 8.48. The zero-order chi connectivity index (χ0) is 23.3. The van der Waals surface area contributed by atoms with Crippen LogP contribution in [-0.4, -0.2) is 49.5 Å². The average Bonchev–Trinajstić information content (AvgIpc) is 2.79. The Morgan fingerprint density at radius 1 is 1.16 bits per heavy atom. The third kappa shape index (κ3) is 6.00. The highest BCUT2D eigenvalue weighted by molar-refractivity contribution is 5.79. The van der Waals surface area contributed by atoms with Crippen molar-refractivity contribution in [3.63, 3.8) is 0 Å². The van der Waals surface area contributed by atoms with Gasteiger partial charge >= 0.3 is 6.18 Å². The maximum atomic E-state index is 12.8. The van der Waals surface area contributed by atoms with Crippen LogP contribution in [0.4, 0.5) is 19.0 Å². The molecule has 2 aromatic rings. The first-order valence-electron chi connectivity index (χ1n) is 11.0. The fraction of sp³-hybridized carbons (Fsp3) is 0.500. The number of aromatic nitrogens is 1. The van der Waals surface area contributed by atoms with E-state index >= 15 is 0 Å². The van der Waals surface area contributed by atoms with Gasteiger partial charge in [-0.3, -0.25) is 4.79 Å². The van der Waals surface area contributed by atoms with E-state index in [1.807, 2.05) is 19.0 Å². The lowest BCUT2D eigenvalue weighted by Crippen LogP contribution is -2.43. The van der Waals surface area contributed by atoms with E-state index in [0.717, 1.165) is 24.2 Å². The van der Waals surface area contributed by atoms with Gasteiger partial charge in [0.05, 0.1) is 11.6 Å². The van der Waals surface area contributed by atoms with Crippen molar-refractivity contribution in [3.8, 4) is 0 Å². The van der Waals surface area contributed by atoms with Gasteiger partial charge < -0.3 is 15.1 Å². The summed E-state index contributed by atoms with van der Waals surface area (Å²) in [5.41, 5.74) is 1.69. The van der Waals surface area contributed by atoms with Crippen molar-refractivity contribution in [3.05, 3.63) is 59.3 Å². The van der Waals surface area contributed by atoms with Crippen LogP contribution >= 0.6 is 0 Å². The van der Waals surface area contributed by atoms with E-state index in [1.165, 1.54) is 11.6 Å². The maximum Gasteiger partial charge on any atom is 0.417 e. The first kappa shape index (κ1) is 24.0. The molecule has 174 valence electrons. The molecule has 2 heterocycles. The van der Waals surface area contributed by atoms with E-state index in [9.17, 15) is 18.0 Å². The summed E-state index contributed by atoms with van der Waals surface area (Å²) in [5.74, 6) is 0.438. The Labute approximate surface area is 187 Å². The van der Waals surface area contributed by atoms with Crippen molar-refractivity contribution < 1.29 is 18.0 Å². The summed E-state index contributed by atoms with van der Waals surface area (Å²) in [5, 5.41) is 3.10. The maximum absolute atomic E-state index is 12.8. The molecule has 0 radical (unpaired) electrons. The smallest absolute Gasteiger partial charge is 0.357 e. The van der Waals surface area contributed by atoms with E-state index < -0.39 is 11.7 Å². The number of aryl methyl sites for hydroxylation is 1. The molecule has 1 fully saturated rings. The normalized spacial score (nSPS) is 16.3. The second kappa shape index (κ2) is 10.3. The SMILES string of the molecule is CCc1ccc(C(CNC(=O)C2CCN(c3ccc(C(F)(F)F)cn3)CC2)N(C)C)cc1. The molecule has 8 heteroatoms. The van der Waals surface area contributed by atoms with Crippen molar-refractivity contribution in [2.24, 2.45) is 5.92 Å². The number of hydrogen-bond donors (Lipinski definition) is 1. The number of pyridine rings is 1. The molecule has 0 saturated carbocycles. The molecule has 0 aliphatic carbocycles. The fourth-order valence-corrected chi connectivity index (χ4v) is 4.03. The lowest BCUT2D eigenvalue weighted by Gasteiger charge is -2.33. The first-order valence-corrected chi connectivity index (χ1v) is 11.0. The summed E-state index contributed by atoms with van der Waals surface area (Å²) in [7, 11) is 4.00. The van der Waals surface area contributed by atoms with Crippen LogP contribution in [0.25, 0.3) is 0 Å². The molecular weight excluding hydrogens is 417 g/mol. The Kier molecular flexibility index (Phi) is 7.77. The highest BCUT2D eigenvalue weighted by atomic mass is 19.4. The molecule has 32 heavy (non-hydrogen) atoms. The van der Waals surface area contributed by atoms with Crippen molar-refractivity contribution in [2.45, 2.75) is 38.4 Å². The molecule has 1 unspecified atom stereocenters. The van der Waals surface area contributed by atoms with E-state index in [4.69, 9.17) is 0 Å². The van der Waals surface area contributed by atoms with Gasteiger partial charge in [0, 0.05) is 31.7 Å². The Bertz CT molecular complexity index is 874. The number of rotatable bonds is 7. The predicted octanol–water partition coefficient (Wildman–Crippen LogP) is 4.30. The van der Waals surface area contributed by atoms with Crippen LogP contribution in [-0.2, 0) is 17.4 Å². The Hall–Kier alpha value is -2.61. The molecule has 1 atom stereocenters. The molecule has 5 nitrogen and oxygen atoms in total. The largest absolute Gasteiger partial charge is 0.417 e. The Balaban J connectivity index is 1.52. The number of carbonyl (C=O) groups is 1. The highest BCUT2D eigenvalue weighted by Crippen LogP contribution is 2.30. The molecule has 3 rings (SSSR count). The summed E-state index contributed by atoms with van der Waals surface area (Å²) >= 11 is 0. The molecule has 1 aliphatic heterocycles. The van der Waals surface area contributed by atoms with E-state index in [0.29, 0.717) is 38.3 Å². The van der Waals surface area contributed by atoms with Gasteiger partial charge in [0.2, 0.25) is 5.91 Å². The van der Waals surface area contributed by atoms with Gasteiger partial charge in [-0.1, -0.05) is 31.2 Å². The molecular formula is C24H31F3N4O. The van der Waals surface area contributed by atoms with Crippen LogP contribution in [0, 0.1) is 5.92 Å². The molecule has 1 aromatic heterocycles. The van der Waals surface area contributed by atoms with Gasteiger partial charge in [0.15, 0.2) is 0 Å². The minimum Gasteiger partial charge on any atom is -0.357 e. The van der Waals surface area contributed by atoms with Crippen molar-refractivity contribution in [1.29, 1.82) is 0 Å². The number of amides is 1. The molecule has 0 spiro atoms. The van der Waals surface area contributed by atoms with E-state index in [-0.39, 0.29) is 17.9 Å². The molecule has 1 amide bonds. The minimum absolute atomic E-state index is 0.0297. The second-order valence-electron chi connectivity index (χ2n) is 8.48. The van der Waals surface area contributed by atoms with Gasteiger partial charge in [-0.2, -0.15) is 13.2 Å². The number of alkyl halides is 3. The number of nitrogens with zero attached hydrogens (tertiary/aromatic N) is 3. The number of benzene rings is 1. The standard InChI is InChI=1S/C24H31F3N4O/c1-4-17-5-7-18(8-6-17)21(30(2)3)16-29-23(32)19-11-13-31(14-12-19)22-10-9-20(15-28-22)24(25,26)27/h5-10,15,19,21H,4,11-14,16H2,1-3H3,(H,29,32). The quantitative estimate of drug-likeness (QED) is 0.686. The molecule has 1 aliphatic rings. The Morgan fingerprint density at radius 3 is 2.31 bits per heavy atom. The highest BCUT2D eigenvalue weighted by Gasteiger charge is 2.31. The van der Waals surface area contributed by atoms with Crippen molar-refractivity contribution in [2.75, 3.05) is 38.6 Å². The third-order valence-electron chi connectivity index (χ3n) is 6.13. The zero-order valence-electron chi connectivity index (χ0n) is 18.8. The van der Waals surface area contributed by atoms with E-state index in [2.05, 4.69) is 46.4 Å². The summed E-state index contributed by atoms with van der Waals surface area (Å²) in [6.07, 6.45) is -1.25. The molecule has 1 N–H and O–H groups in total. The number of anilines is 1. The summed E-state index contributed by atoms with van der Waals surface area (Å²) in [6, 6.07) is 11.0. The van der Waals surface area contributed by atoms with Gasteiger partial charge in [-0.25, -0.2) is 4.98 Å². The number of hydrogen-bond acceptors (Lipinski definition) is 4. The number of carbonyl (C=O) groups excluding carboxylic acids is 1. The summed E-state index contributed by atoms with van der Waals surface area (Å²) in [6.45, 7) is 3.83. The van der Waals surface area contributed by atoms with Crippen LogP contribution in [0.1, 0.15) is 42.5 Å². The number of piperidine rings is 1. The summed E-state index contributed by atoms with van der Waals surface area (Å²) < 4.78 is 38.2. The molecule has 0 bridgehead atoms. The number of halogens is 3. The van der Waals surface area contributed by atoms with Crippen molar-refractivity contribution >= 4 is 11.7 Å². The topological polar surface area (TPSA) is 48.5 Å². The number of nitrogens with one attached hydrogen (secondary N) is 1. The van der Waals surface area contributed by atoms with Gasteiger partial charge in [0.1, 0.15) is 5.82 Å².